The smallest absolute Gasteiger partial charge is 0.308 e. The molecule has 1 heterocycles. The second kappa shape index (κ2) is 7.22. The van der Waals surface area contributed by atoms with Gasteiger partial charge >= 0.3 is 5.97 Å². The molecule has 5 nitrogen and oxygen atoms in total. The molecule has 1 atom stereocenters. The summed E-state index contributed by atoms with van der Waals surface area (Å²) in [7, 11) is 3.23. The first-order valence-corrected chi connectivity index (χ1v) is 7.17. The predicted octanol–water partition coefficient (Wildman–Crippen LogP) is 1.41. The van der Waals surface area contributed by atoms with E-state index < -0.39 is 0 Å². The van der Waals surface area contributed by atoms with E-state index in [1.807, 2.05) is 0 Å². The fraction of sp³-hybridized carbons (Fsp3) is 0.929. The summed E-state index contributed by atoms with van der Waals surface area (Å²) >= 11 is 0. The predicted molar refractivity (Wildman–Crippen MR) is 70.7 cm³/mol. The summed E-state index contributed by atoms with van der Waals surface area (Å²) in [4.78, 5) is 13.7. The molecule has 2 rings (SSSR count). The number of rotatable bonds is 5. The van der Waals surface area contributed by atoms with Crippen LogP contribution in [0.4, 0.5) is 0 Å². The Morgan fingerprint density at radius 3 is 2.42 bits per heavy atom. The lowest BCUT2D eigenvalue weighted by Crippen LogP contribution is -2.32. The first kappa shape index (κ1) is 14.8. The average molecular weight is 271 g/mol. The lowest BCUT2D eigenvalue weighted by atomic mass is 9.87. The second-order valence-corrected chi connectivity index (χ2v) is 5.52. The molecule has 0 aromatic carbocycles. The van der Waals surface area contributed by atoms with E-state index in [9.17, 15) is 4.79 Å². The Balaban J connectivity index is 1.62. The molecule has 1 saturated heterocycles. The first-order chi connectivity index (χ1) is 9.22. The van der Waals surface area contributed by atoms with E-state index in [1.54, 1.807) is 7.11 Å². The van der Waals surface area contributed by atoms with Gasteiger partial charge in [-0.05, 0) is 32.1 Å². The van der Waals surface area contributed by atoms with Gasteiger partial charge in [-0.3, -0.25) is 9.69 Å². The van der Waals surface area contributed by atoms with Crippen molar-refractivity contribution in [1.82, 2.24) is 4.90 Å². The lowest BCUT2D eigenvalue weighted by Gasteiger charge is -2.28. The summed E-state index contributed by atoms with van der Waals surface area (Å²) < 4.78 is 16.1. The van der Waals surface area contributed by atoms with Crippen molar-refractivity contribution in [2.75, 3.05) is 34.0 Å². The molecular weight excluding hydrogens is 246 g/mol. The first-order valence-electron chi connectivity index (χ1n) is 7.17. The van der Waals surface area contributed by atoms with E-state index >= 15 is 0 Å². The quantitative estimate of drug-likeness (QED) is 0.708. The van der Waals surface area contributed by atoms with E-state index in [1.165, 1.54) is 7.11 Å². The number of ether oxygens (including phenoxy) is 3. The van der Waals surface area contributed by atoms with Gasteiger partial charge < -0.3 is 14.2 Å². The summed E-state index contributed by atoms with van der Waals surface area (Å²) in [5, 5.41) is 0. The SMILES string of the molecule is COC(=O)C1CCC(OCN2CC[C@H](OC)C2)CC1. The van der Waals surface area contributed by atoms with Gasteiger partial charge in [0, 0.05) is 20.2 Å². The highest BCUT2D eigenvalue weighted by Crippen LogP contribution is 2.27. The Labute approximate surface area is 115 Å². The number of hydrogen-bond donors (Lipinski definition) is 0. The van der Waals surface area contributed by atoms with Crippen molar-refractivity contribution >= 4 is 5.97 Å². The molecule has 1 aliphatic carbocycles. The zero-order valence-corrected chi connectivity index (χ0v) is 12.0. The minimum absolute atomic E-state index is 0.0686. The molecule has 0 unspecified atom stereocenters. The van der Waals surface area contributed by atoms with Crippen LogP contribution in [0, 0.1) is 5.92 Å². The molecule has 1 saturated carbocycles. The normalized spacial score (nSPS) is 32.4. The van der Waals surface area contributed by atoms with Crippen LogP contribution in [0.15, 0.2) is 0 Å². The minimum Gasteiger partial charge on any atom is -0.469 e. The van der Waals surface area contributed by atoms with Gasteiger partial charge in [0.1, 0.15) is 0 Å². The summed E-state index contributed by atoms with van der Waals surface area (Å²) in [6, 6.07) is 0. The van der Waals surface area contributed by atoms with Crippen LogP contribution in [0.1, 0.15) is 32.1 Å². The lowest BCUT2D eigenvalue weighted by molar-refractivity contribution is -0.147. The molecule has 0 aromatic heterocycles. The maximum Gasteiger partial charge on any atom is 0.308 e. The molecule has 5 heteroatoms. The third-order valence-corrected chi connectivity index (χ3v) is 4.26. The number of carbonyl (C=O) groups excluding carboxylic acids is 1. The van der Waals surface area contributed by atoms with Crippen molar-refractivity contribution in [3.05, 3.63) is 0 Å². The van der Waals surface area contributed by atoms with Gasteiger partial charge in [-0.2, -0.15) is 0 Å². The minimum atomic E-state index is -0.0686. The molecule has 2 aliphatic rings. The standard InChI is InChI=1S/C14H25NO4/c1-17-13-7-8-15(9-13)10-19-12-5-3-11(4-6-12)14(16)18-2/h11-13H,3-10H2,1-2H3/t11?,12?,13-/m0/s1. The highest BCUT2D eigenvalue weighted by molar-refractivity contribution is 5.72. The van der Waals surface area contributed by atoms with Crippen LogP contribution in [0.2, 0.25) is 0 Å². The van der Waals surface area contributed by atoms with Gasteiger partial charge in [0.05, 0.1) is 32.0 Å². The van der Waals surface area contributed by atoms with Crippen molar-refractivity contribution in [3.63, 3.8) is 0 Å². The van der Waals surface area contributed by atoms with Crippen molar-refractivity contribution in [3.8, 4) is 0 Å². The highest BCUT2D eigenvalue weighted by Gasteiger charge is 2.28. The van der Waals surface area contributed by atoms with E-state index in [4.69, 9.17) is 14.2 Å². The zero-order valence-electron chi connectivity index (χ0n) is 12.0. The van der Waals surface area contributed by atoms with Crippen LogP contribution < -0.4 is 0 Å². The van der Waals surface area contributed by atoms with Gasteiger partial charge in [0.15, 0.2) is 0 Å². The maximum absolute atomic E-state index is 11.4. The zero-order chi connectivity index (χ0) is 13.7. The van der Waals surface area contributed by atoms with Crippen LogP contribution in [-0.2, 0) is 19.0 Å². The van der Waals surface area contributed by atoms with Gasteiger partial charge in [-0.1, -0.05) is 0 Å². The number of likely N-dealkylation sites (tertiary alicyclic amines) is 1. The maximum atomic E-state index is 11.4. The fourth-order valence-electron chi connectivity index (χ4n) is 2.95. The van der Waals surface area contributed by atoms with Crippen molar-refractivity contribution in [2.24, 2.45) is 5.92 Å². The van der Waals surface area contributed by atoms with Crippen LogP contribution in [0.5, 0.6) is 0 Å². The number of esters is 1. The van der Waals surface area contributed by atoms with E-state index in [0.29, 0.717) is 18.9 Å². The second-order valence-electron chi connectivity index (χ2n) is 5.52. The van der Waals surface area contributed by atoms with Crippen molar-refractivity contribution in [1.29, 1.82) is 0 Å². The average Bonchev–Trinajstić information content (AvgIpc) is 2.93. The van der Waals surface area contributed by atoms with E-state index in [2.05, 4.69) is 4.90 Å². The Morgan fingerprint density at radius 1 is 1.11 bits per heavy atom. The van der Waals surface area contributed by atoms with E-state index in [0.717, 1.165) is 45.2 Å². The Kier molecular flexibility index (Phi) is 5.60. The molecule has 1 aliphatic heterocycles. The Bertz CT molecular complexity index is 289. The monoisotopic (exact) mass is 271 g/mol. The number of nitrogens with zero attached hydrogens (tertiary/aromatic N) is 1. The molecule has 0 radical (unpaired) electrons. The summed E-state index contributed by atoms with van der Waals surface area (Å²) in [6.07, 6.45) is 5.44. The Morgan fingerprint density at radius 2 is 1.84 bits per heavy atom. The molecule has 0 aromatic rings. The fourth-order valence-corrected chi connectivity index (χ4v) is 2.95. The number of methoxy groups -OCH3 is 2. The highest BCUT2D eigenvalue weighted by atomic mass is 16.5. The number of hydrogen-bond acceptors (Lipinski definition) is 5. The molecular formula is C14H25NO4. The van der Waals surface area contributed by atoms with Crippen LogP contribution in [0.3, 0.4) is 0 Å². The molecule has 0 bridgehead atoms. The third-order valence-electron chi connectivity index (χ3n) is 4.26. The van der Waals surface area contributed by atoms with Gasteiger partial charge in [-0.25, -0.2) is 0 Å². The molecule has 0 spiro atoms. The molecule has 110 valence electrons. The number of carbonyl (C=O) groups is 1. The molecule has 2 fully saturated rings. The van der Waals surface area contributed by atoms with Gasteiger partial charge in [-0.15, -0.1) is 0 Å². The van der Waals surface area contributed by atoms with Crippen LogP contribution in [0.25, 0.3) is 0 Å². The molecule has 0 amide bonds. The van der Waals surface area contributed by atoms with Crippen molar-refractivity contribution < 1.29 is 19.0 Å². The van der Waals surface area contributed by atoms with Crippen molar-refractivity contribution in [2.45, 2.75) is 44.3 Å². The molecule has 0 N–H and O–H groups in total. The van der Waals surface area contributed by atoms with E-state index in [-0.39, 0.29) is 11.9 Å². The Hall–Kier alpha value is -0.650. The summed E-state index contributed by atoms with van der Waals surface area (Å²) in [6.45, 7) is 2.71. The summed E-state index contributed by atoms with van der Waals surface area (Å²) in [5.41, 5.74) is 0. The van der Waals surface area contributed by atoms with Gasteiger partial charge in [0.2, 0.25) is 0 Å². The molecule has 19 heavy (non-hydrogen) atoms. The van der Waals surface area contributed by atoms with Gasteiger partial charge in [0.25, 0.3) is 0 Å². The topological polar surface area (TPSA) is 48.0 Å². The van der Waals surface area contributed by atoms with Crippen LogP contribution in [-0.4, -0.2) is 57.1 Å². The largest absolute Gasteiger partial charge is 0.469 e. The van der Waals surface area contributed by atoms with Crippen LogP contribution >= 0.6 is 0 Å². The summed E-state index contributed by atoms with van der Waals surface area (Å²) in [5.74, 6) is 0.00966. The third kappa shape index (κ3) is 4.16.